The number of sulfonamides is 1. The molecule has 0 radical (unpaired) electrons. The van der Waals surface area contributed by atoms with Gasteiger partial charge in [0.1, 0.15) is 0 Å². The molecule has 162 valence electrons. The zero-order valence-corrected chi connectivity index (χ0v) is 17.9. The number of benzene rings is 2. The van der Waals surface area contributed by atoms with Crippen LogP contribution in [0.1, 0.15) is 5.56 Å². The van der Waals surface area contributed by atoms with E-state index in [0.717, 1.165) is 5.56 Å². The smallest absolute Gasteiger partial charge is 0.319 e. The molecule has 2 amide bonds. The number of hydrogen-bond acceptors (Lipinski definition) is 6. The van der Waals surface area contributed by atoms with Crippen LogP contribution >= 0.6 is 0 Å². The highest BCUT2D eigenvalue weighted by molar-refractivity contribution is 7.92. The molecule has 0 atom stereocenters. The fourth-order valence-electron chi connectivity index (χ4n) is 3.33. The Balaban J connectivity index is 1.59. The number of urea groups is 1. The normalized spacial score (nSPS) is 12.8. The summed E-state index contributed by atoms with van der Waals surface area (Å²) in [5, 5.41) is 5.21. The lowest BCUT2D eigenvalue weighted by molar-refractivity contribution is 0.252. The molecule has 0 bridgehead atoms. The van der Waals surface area contributed by atoms with Gasteiger partial charge in [-0.25, -0.2) is 13.2 Å². The zero-order valence-electron chi connectivity index (χ0n) is 17.1. The number of methoxy groups -OCH3 is 3. The van der Waals surface area contributed by atoms with E-state index in [1.54, 1.807) is 18.2 Å². The Kier molecular flexibility index (Phi) is 6.56. The lowest BCUT2D eigenvalue weighted by Crippen LogP contribution is -2.38. The van der Waals surface area contributed by atoms with E-state index in [9.17, 15) is 13.2 Å². The second-order valence-corrected chi connectivity index (χ2v) is 8.57. The van der Waals surface area contributed by atoms with Crippen molar-refractivity contribution >= 4 is 27.4 Å². The summed E-state index contributed by atoms with van der Waals surface area (Å²) in [5.41, 5.74) is 2.13. The van der Waals surface area contributed by atoms with E-state index in [1.807, 2.05) is 18.2 Å². The quantitative estimate of drug-likeness (QED) is 0.659. The Morgan fingerprint density at radius 1 is 1.07 bits per heavy atom. The Labute approximate surface area is 176 Å². The number of fused-ring (bicyclic) bond motifs is 1. The molecule has 2 aromatic carbocycles. The van der Waals surface area contributed by atoms with Gasteiger partial charge in [-0.3, -0.25) is 4.31 Å². The van der Waals surface area contributed by atoms with E-state index in [2.05, 4.69) is 10.6 Å². The summed E-state index contributed by atoms with van der Waals surface area (Å²) >= 11 is 0. The summed E-state index contributed by atoms with van der Waals surface area (Å²) in [5.74, 6) is 0.983. The molecular formula is C20H25N3O6S. The number of carbonyl (C=O) groups is 1. The predicted octanol–water partition coefficient (Wildman–Crippen LogP) is 2.23. The van der Waals surface area contributed by atoms with Gasteiger partial charge in [-0.15, -0.1) is 0 Å². The number of ether oxygens (including phenoxy) is 3. The summed E-state index contributed by atoms with van der Waals surface area (Å²) in [6.45, 7) is 0.385. The van der Waals surface area contributed by atoms with Crippen LogP contribution in [-0.2, 0) is 16.4 Å². The molecule has 0 aromatic heterocycles. The minimum Gasteiger partial charge on any atom is -0.493 e. The van der Waals surface area contributed by atoms with Crippen molar-refractivity contribution in [3.63, 3.8) is 0 Å². The molecule has 0 aliphatic carbocycles. The summed E-state index contributed by atoms with van der Waals surface area (Å²) < 4.78 is 42.5. The van der Waals surface area contributed by atoms with Crippen LogP contribution in [0.2, 0.25) is 0 Å². The van der Waals surface area contributed by atoms with E-state index < -0.39 is 16.1 Å². The van der Waals surface area contributed by atoms with Crippen LogP contribution < -0.4 is 29.1 Å². The highest BCUT2D eigenvalue weighted by atomic mass is 32.2. The molecule has 9 nitrogen and oxygen atoms in total. The van der Waals surface area contributed by atoms with Gasteiger partial charge in [0.25, 0.3) is 0 Å². The molecule has 1 heterocycles. The van der Waals surface area contributed by atoms with Gasteiger partial charge < -0.3 is 24.8 Å². The minimum atomic E-state index is -3.54. The van der Waals surface area contributed by atoms with Crippen molar-refractivity contribution in [2.24, 2.45) is 0 Å². The standard InChI is InChI=1S/C20H25N3O6S/c1-27-17-12-15(13-18(28-2)19(17)29-3)22-20(24)21-9-11-30(25,26)23-10-8-14-6-4-5-7-16(14)23/h4-7,12-13H,8-11H2,1-3H3,(H2,21,22,24). The molecule has 0 fully saturated rings. The van der Waals surface area contributed by atoms with Crippen LogP contribution in [0.4, 0.5) is 16.2 Å². The fourth-order valence-corrected chi connectivity index (χ4v) is 4.76. The topological polar surface area (TPSA) is 106 Å². The summed E-state index contributed by atoms with van der Waals surface area (Å²) in [7, 11) is 0.897. The molecular weight excluding hydrogens is 410 g/mol. The maximum Gasteiger partial charge on any atom is 0.319 e. The van der Waals surface area contributed by atoms with E-state index in [0.29, 0.717) is 41.6 Å². The Morgan fingerprint density at radius 3 is 2.37 bits per heavy atom. The van der Waals surface area contributed by atoms with Gasteiger partial charge in [0.05, 0.1) is 38.5 Å². The second kappa shape index (κ2) is 9.12. The molecule has 0 spiro atoms. The average molecular weight is 436 g/mol. The summed E-state index contributed by atoms with van der Waals surface area (Å²) in [6, 6.07) is 10.1. The molecule has 2 N–H and O–H groups in total. The molecule has 0 saturated heterocycles. The first kappa shape index (κ1) is 21.6. The van der Waals surface area contributed by atoms with Gasteiger partial charge >= 0.3 is 6.03 Å². The van der Waals surface area contributed by atoms with E-state index in [1.165, 1.54) is 25.6 Å². The summed E-state index contributed by atoms with van der Waals surface area (Å²) in [6.07, 6.45) is 0.685. The van der Waals surface area contributed by atoms with Gasteiger partial charge in [-0.2, -0.15) is 0 Å². The van der Waals surface area contributed by atoms with Crippen molar-refractivity contribution in [2.75, 3.05) is 49.8 Å². The highest BCUT2D eigenvalue weighted by Gasteiger charge is 2.28. The van der Waals surface area contributed by atoms with Crippen LogP contribution in [0.5, 0.6) is 17.2 Å². The van der Waals surface area contributed by atoms with Crippen LogP contribution in [0.25, 0.3) is 0 Å². The highest BCUT2D eigenvalue weighted by Crippen LogP contribution is 2.39. The second-order valence-electron chi connectivity index (χ2n) is 6.56. The predicted molar refractivity (Wildman–Crippen MR) is 114 cm³/mol. The molecule has 3 rings (SSSR count). The first-order valence-electron chi connectivity index (χ1n) is 9.32. The van der Waals surface area contributed by atoms with E-state index in [4.69, 9.17) is 14.2 Å². The lowest BCUT2D eigenvalue weighted by Gasteiger charge is -2.19. The first-order valence-corrected chi connectivity index (χ1v) is 10.9. The molecule has 30 heavy (non-hydrogen) atoms. The Bertz CT molecular complexity index is 1000. The first-order chi connectivity index (χ1) is 14.4. The van der Waals surface area contributed by atoms with Crippen LogP contribution in [0.15, 0.2) is 36.4 Å². The number of carbonyl (C=O) groups excluding carboxylic acids is 1. The van der Waals surface area contributed by atoms with Crippen molar-refractivity contribution in [2.45, 2.75) is 6.42 Å². The fraction of sp³-hybridized carbons (Fsp3) is 0.350. The minimum absolute atomic E-state index is 0.0305. The molecule has 0 saturated carbocycles. The number of anilines is 2. The largest absolute Gasteiger partial charge is 0.493 e. The van der Waals surface area contributed by atoms with Crippen molar-refractivity contribution in [3.8, 4) is 17.2 Å². The molecule has 1 aliphatic heterocycles. The van der Waals surface area contributed by atoms with Crippen molar-refractivity contribution in [1.29, 1.82) is 0 Å². The monoisotopic (exact) mass is 435 g/mol. The maximum atomic E-state index is 12.7. The van der Waals surface area contributed by atoms with Gasteiger partial charge in [0.2, 0.25) is 15.8 Å². The van der Waals surface area contributed by atoms with Crippen molar-refractivity contribution in [3.05, 3.63) is 42.0 Å². The molecule has 0 unspecified atom stereocenters. The van der Waals surface area contributed by atoms with Crippen molar-refractivity contribution in [1.82, 2.24) is 5.32 Å². The van der Waals surface area contributed by atoms with E-state index >= 15 is 0 Å². The third kappa shape index (κ3) is 4.54. The van der Waals surface area contributed by atoms with Gasteiger partial charge in [0.15, 0.2) is 11.5 Å². The van der Waals surface area contributed by atoms with Gasteiger partial charge in [0, 0.05) is 25.2 Å². The number of amides is 2. The molecule has 1 aliphatic rings. The third-order valence-corrected chi connectivity index (χ3v) is 6.52. The van der Waals surface area contributed by atoms with Crippen LogP contribution in [0.3, 0.4) is 0 Å². The summed E-state index contributed by atoms with van der Waals surface area (Å²) in [4.78, 5) is 12.2. The number of nitrogens with zero attached hydrogens (tertiary/aromatic N) is 1. The SMILES string of the molecule is COc1cc(NC(=O)NCCS(=O)(=O)N2CCc3ccccc32)cc(OC)c1OC. The zero-order chi connectivity index (χ0) is 21.7. The lowest BCUT2D eigenvalue weighted by atomic mass is 10.2. The van der Waals surface area contributed by atoms with Crippen LogP contribution in [-0.4, -0.2) is 54.6 Å². The third-order valence-electron chi connectivity index (χ3n) is 4.75. The van der Waals surface area contributed by atoms with E-state index in [-0.39, 0.29) is 12.3 Å². The van der Waals surface area contributed by atoms with Crippen LogP contribution in [0, 0.1) is 0 Å². The number of nitrogens with one attached hydrogen (secondary N) is 2. The van der Waals surface area contributed by atoms with Gasteiger partial charge in [-0.05, 0) is 18.1 Å². The average Bonchev–Trinajstić information content (AvgIpc) is 3.18. The van der Waals surface area contributed by atoms with Crippen molar-refractivity contribution < 1.29 is 27.4 Å². The Morgan fingerprint density at radius 2 is 1.73 bits per heavy atom. The Hall–Kier alpha value is -3.14. The van der Waals surface area contributed by atoms with Gasteiger partial charge in [-0.1, -0.05) is 18.2 Å². The maximum absolute atomic E-state index is 12.7. The number of para-hydroxylation sites is 1. The molecule has 10 heteroatoms. The molecule has 2 aromatic rings. The number of rotatable bonds is 8. The number of hydrogen-bond donors (Lipinski definition) is 2.